The molecule has 0 spiro atoms. The van der Waals surface area contributed by atoms with E-state index < -0.39 is 0 Å². The van der Waals surface area contributed by atoms with Crippen molar-refractivity contribution in [2.24, 2.45) is 5.73 Å². The largest absolute Gasteiger partial charge is 0.396 e. The summed E-state index contributed by atoms with van der Waals surface area (Å²) in [5.74, 6) is -0.198. The zero-order valence-corrected chi connectivity index (χ0v) is 18.1. The summed E-state index contributed by atoms with van der Waals surface area (Å²) in [4.78, 5) is 11.9. The Balaban J connectivity index is 0.000000248. The summed E-state index contributed by atoms with van der Waals surface area (Å²) in [5.41, 5.74) is 12.1. The molecule has 2 aliphatic rings. The van der Waals surface area contributed by atoms with Crippen LogP contribution < -0.4 is 16.8 Å². The number of nitrogens with zero attached hydrogens (tertiary/aromatic N) is 1. The van der Waals surface area contributed by atoms with Crippen LogP contribution in [0.4, 0.5) is 5.69 Å². The molecule has 0 atom stereocenters. The number of nitrogen functional groups attached to an aromatic ring is 1. The van der Waals surface area contributed by atoms with Gasteiger partial charge < -0.3 is 35.7 Å². The number of methoxy groups -OCH3 is 2. The van der Waals surface area contributed by atoms with Gasteiger partial charge in [0.1, 0.15) is 19.3 Å². The number of aromatic amines is 1. The summed E-state index contributed by atoms with van der Waals surface area (Å²) in [6.07, 6.45) is 10.0. The van der Waals surface area contributed by atoms with Crippen molar-refractivity contribution in [3.63, 3.8) is 0 Å². The number of carbonyl (C=O) groups excluding carboxylic acids is 1. The van der Waals surface area contributed by atoms with Crippen molar-refractivity contribution in [1.29, 1.82) is 0 Å². The molecule has 1 heterocycles. The third-order valence-electron chi connectivity index (χ3n) is 5.47. The van der Waals surface area contributed by atoms with Crippen LogP contribution in [0.1, 0.15) is 61.9 Å². The maximum absolute atomic E-state index is 11.9. The highest BCUT2D eigenvalue weighted by atomic mass is 16.7. The van der Waals surface area contributed by atoms with E-state index in [9.17, 15) is 4.79 Å². The first kappa shape index (κ1) is 24.5. The third kappa shape index (κ3) is 8.57. The van der Waals surface area contributed by atoms with Gasteiger partial charge in [-0.15, -0.1) is 0 Å². The van der Waals surface area contributed by atoms with Crippen molar-refractivity contribution >= 4 is 11.6 Å². The van der Waals surface area contributed by atoms with E-state index in [1.54, 1.807) is 14.2 Å². The zero-order valence-electron chi connectivity index (χ0n) is 18.1. The summed E-state index contributed by atoms with van der Waals surface area (Å²) in [6.45, 7) is 0.742. The number of ether oxygens (including phenoxy) is 4. The first-order valence-corrected chi connectivity index (χ1v) is 10.6. The molecule has 10 heteroatoms. The molecule has 0 unspecified atom stereocenters. The van der Waals surface area contributed by atoms with E-state index in [4.69, 9.17) is 30.4 Å². The fraction of sp³-hybridized carbons (Fsp3) is 0.800. The Morgan fingerprint density at radius 1 is 1.03 bits per heavy atom. The van der Waals surface area contributed by atoms with Gasteiger partial charge in [-0.3, -0.25) is 9.89 Å². The monoisotopic (exact) mass is 427 g/mol. The predicted molar refractivity (Wildman–Crippen MR) is 113 cm³/mol. The molecular weight excluding hydrogens is 390 g/mol. The molecule has 0 aromatic carbocycles. The SMILES string of the molecule is COCOC1CCC(N)CC1.COCOC1CCC(NC(=O)c2[nH]ncc2N)CC1. The van der Waals surface area contributed by atoms with Crippen LogP contribution in [-0.4, -0.2) is 68.2 Å². The van der Waals surface area contributed by atoms with Gasteiger partial charge >= 0.3 is 0 Å². The Labute approximate surface area is 178 Å². The lowest BCUT2D eigenvalue weighted by Crippen LogP contribution is -2.39. The number of amides is 1. The average molecular weight is 428 g/mol. The van der Waals surface area contributed by atoms with Crippen LogP contribution in [0.15, 0.2) is 6.20 Å². The van der Waals surface area contributed by atoms with Gasteiger partial charge in [-0.2, -0.15) is 5.10 Å². The molecule has 2 saturated carbocycles. The van der Waals surface area contributed by atoms with Crippen molar-refractivity contribution in [1.82, 2.24) is 15.5 Å². The molecule has 2 aliphatic carbocycles. The second-order valence-electron chi connectivity index (χ2n) is 7.83. The lowest BCUT2D eigenvalue weighted by Gasteiger charge is -2.28. The van der Waals surface area contributed by atoms with E-state index in [0.29, 0.717) is 37.1 Å². The van der Waals surface area contributed by atoms with Crippen LogP contribution in [0.2, 0.25) is 0 Å². The van der Waals surface area contributed by atoms with Crippen molar-refractivity contribution < 1.29 is 23.7 Å². The number of H-pyrrole nitrogens is 1. The average Bonchev–Trinajstić information content (AvgIpc) is 3.19. The molecule has 0 saturated heterocycles. The van der Waals surface area contributed by atoms with E-state index in [1.807, 2.05) is 0 Å². The minimum Gasteiger partial charge on any atom is -0.396 e. The molecule has 6 N–H and O–H groups in total. The number of hydrogen-bond acceptors (Lipinski definition) is 8. The number of nitrogens with two attached hydrogens (primary N) is 2. The lowest BCUT2D eigenvalue weighted by atomic mass is 9.93. The van der Waals surface area contributed by atoms with Crippen LogP contribution in [-0.2, 0) is 18.9 Å². The number of anilines is 1. The Bertz CT molecular complexity index is 595. The van der Waals surface area contributed by atoms with Gasteiger partial charge in [-0.05, 0) is 51.4 Å². The number of hydrogen-bond donors (Lipinski definition) is 4. The number of rotatable bonds is 8. The maximum atomic E-state index is 11.9. The minimum atomic E-state index is -0.198. The summed E-state index contributed by atoms with van der Waals surface area (Å²) < 4.78 is 20.6. The minimum absolute atomic E-state index is 0.164. The van der Waals surface area contributed by atoms with Crippen LogP contribution in [0.25, 0.3) is 0 Å². The van der Waals surface area contributed by atoms with Crippen LogP contribution in [0, 0.1) is 0 Å². The molecule has 1 amide bonds. The fourth-order valence-corrected chi connectivity index (χ4v) is 3.69. The molecule has 0 radical (unpaired) electrons. The predicted octanol–water partition coefficient (Wildman–Crippen LogP) is 1.53. The van der Waals surface area contributed by atoms with Crippen molar-refractivity contribution in [3.05, 3.63) is 11.9 Å². The van der Waals surface area contributed by atoms with E-state index in [-0.39, 0.29) is 18.1 Å². The summed E-state index contributed by atoms with van der Waals surface area (Å²) >= 11 is 0. The third-order valence-corrected chi connectivity index (χ3v) is 5.47. The fourth-order valence-electron chi connectivity index (χ4n) is 3.69. The molecule has 2 fully saturated rings. The number of aromatic nitrogens is 2. The highest BCUT2D eigenvalue weighted by molar-refractivity contribution is 5.97. The van der Waals surface area contributed by atoms with E-state index in [2.05, 4.69) is 15.5 Å². The van der Waals surface area contributed by atoms with Gasteiger partial charge in [0, 0.05) is 26.3 Å². The van der Waals surface area contributed by atoms with E-state index >= 15 is 0 Å². The highest BCUT2D eigenvalue weighted by Gasteiger charge is 2.24. The molecule has 3 rings (SSSR count). The highest BCUT2D eigenvalue weighted by Crippen LogP contribution is 2.22. The Kier molecular flexibility index (Phi) is 11.1. The van der Waals surface area contributed by atoms with Gasteiger partial charge in [0.25, 0.3) is 5.91 Å². The summed E-state index contributed by atoms with van der Waals surface area (Å²) in [5, 5.41) is 9.30. The van der Waals surface area contributed by atoms with Gasteiger partial charge in [0.15, 0.2) is 0 Å². The molecule has 30 heavy (non-hydrogen) atoms. The van der Waals surface area contributed by atoms with Crippen molar-refractivity contribution in [2.45, 2.75) is 75.7 Å². The molecular formula is C20H37N5O5. The second-order valence-corrected chi connectivity index (χ2v) is 7.83. The quantitative estimate of drug-likeness (QED) is 0.457. The number of nitrogens with one attached hydrogen (secondary N) is 2. The zero-order chi connectivity index (χ0) is 21.8. The van der Waals surface area contributed by atoms with Gasteiger partial charge in [-0.1, -0.05) is 0 Å². The summed E-state index contributed by atoms with van der Waals surface area (Å²) in [7, 11) is 3.26. The van der Waals surface area contributed by atoms with Crippen molar-refractivity contribution in [3.8, 4) is 0 Å². The molecule has 1 aromatic heterocycles. The first-order valence-electron chi connectivity index (χ1n) is 10.6. The standard InChI is InChI=1S/C12H20N4O3.C8H17NO2/c1-18-7-19-9-4-2-8(3-5-9)15-12(17)11-10(13)6-14-16-11;1-10-6-11-8-4-2-7(9)3-5-8/h6,8-9H,2-5,7,13H2,1H3,(H,14,16)(H,15,17);7-8H,2-6,9H2,1H3. The Hall–Kier alpha value is -1.72. The lowest BCUT2D eigenvalue weighted by molar-refractivity contribution is -0.0837. The van der Waals surface area contributed by atoms with Crippen molar-refractivity contribution in [2.75, 3.05) is 33.5 Å². The molecule has 0 bridgehead atoms. The van der Waals surface area contributed by atoms with Gasteiger partial charge in [0.05, 0.1) is 24.1 Å². The van der Waals surface area contributed by atoms with E-state index in [1.165, 1.54) is 6.20 Å². The van der Waals surface area contributed by atoms with Crippen LogP contribution in [0.5, 0.6) is 0 Å². The topological polar surface area (TPSA) is 147 Å². The van der Waals surface area contributed by atoms with E-state index in [0.717, 1.165) is 51.4 Å². The maximum Gasteiger partial charge on any atom is 0.271 e. The smallest absolute Gasteiger partial charge is 0.271 e. The number of carbonyl (C=O) groups is 1. The molecule has 0 aliphatic heterocycles. The van der Waals surface area contributed by atoms with Crippen LogP contribution >= 0.6 is 0 Å². The molecule has 1 aromatic rings. The Morgan fingerprint density at radius 3 is 2.03 bits per heavy atom. The Morgan fingerprint density at radius 2 is 1.57 bits per heavy atom. The van der Waals surface area contributed by atoms with Gasteiger partial charge in [-0.25, -0.2) is 0 Å². The summed E-state index contributed by atoms with van der Waals surface area (Å²) in [6, 6.07) is 0.565. The second kappa shape index (κ2) is 13.6. The molecule has 10 nitrogen and oxygen atoms in total. The molecule has 172 valence electrons. The first-order chi connectivity index (χ1) is 14.5. The normalized spacial score (nSPS) is 26.5. The van der Waals surface area contributed by atoms with Gasteiger partial charge in [0.2, 0.25) is 0 Å². The van der Waals surface area contributed by atoms with Crippen LogP contribution in [0.3, 0.4) is 0 Å².